The first kappa shape index (κ1) is 12.1. The predicted molar refractivity (Wildman–Crippen MR) is 68.8 cm³/mol. The second-order valence-corrected chi connectivity index (χ2v) is 5.22. The Balaban J connectivity index is 1.98. The van der Waals surface area contributed by atoms with E-state index >= 15 is 0 Å². The minimum absolute atomic E-state index is 0.0482. The van der Waals surface area contributed by atoms with Gasteiger partial charge in [0.05, 0.1) is 23.2 Å². The van der Waals surface area contributed by atoms with Gasteiger partial charge in [0, 0.05) is 0 Å². The summed E-state index contributed by atoms with van der Waals surface area (Å²) in [5.41, 5.74) is 5.83. The Hall–Kier alpha value is -1.91. The second-order valence-electron chi connectivity index (χ2n) is 5.22. The van der Waals surface area contributed by atoms with Crippen LogP contribution in [0, 0.1) is 17.7 Å². The summed E-state index contributed by atoms with van der Waals surface area (Å²) < 4.78 is 13.2. The highest BCUT2D eigenvalue weighted by molar-refractivity contribution is 6.22. The summed E-state index contributed by atoms with van der Waals surface area (Å²) in [7, 11) is 0. The molecule has 100 valence electrons. The van der Waals surface area contributed by atoms with Crippen molar-refractivity contribution in [1.29, 1.82) is 0 Å². The van der Waals surface area contributed by atoms with E-state index in [0.717, 1.165) is 25.7 Å². The zero-order valence-corrected chi connectivity index (χ0v) is 10.4. The van der Waals surface area contributed by atoms with Gasteiger partial charge in [0.25, 0.3) is 0 Å². The van der Waals surface area contributed by atoms with Gasteiger partial charge in [0.1, 0.15) is 5.82 Å². The molecular weight excluding hydrogens is 247 g/mol. The first-order valence-corrected chi connectivity index (χ1v) is 6.52. The number of nitrogens with zero attached hydrogens (tertiary/aromatic N) is 1. The van der Waals surface area contributed by atoms with Crippen LogP contribution in [0.15, 0.2) is 18.2 Å². The molecule has 2 amide bonds. The molecule has 1 saturated heterocycles. The average molecular weight is 262 g/mol. The van der Waals surface area contributed by atoms with E-state index < -0.39 is 5.82 Å². The lowest BCUT2D eigenvalue weighted by Crippen LogP contribution is -2.30. The topological polar surface area (TPSA) is 63.4 Å². The number of benzene rings is 1. The number of anilines is 2. The standard InChI is InChI=1S/C14H15FN2O2/c15-11-6-5-8(7-12(11)16)17-13(18)9-3-1-2-4-10(9)14(17)19/h5-7,9-10H,1-4,16H2. The molecule has 0 bridgehead atoms. The van der Waals surface area contributed by atoms with E-state index in [1.165, 1.54) is 23.1 Å². The number of carbonyl (C=O) groups is 2. The number of halogens is 1. The maximum atomic E-state index is 13.2. The first-order chi connectivity index (χ1) is 9.09. The van der Waals surface area contributed by atoms with Crippen molar-refractivity contribution < 1.29 is 14.0 Å². The van der Waals surface area contributed by atoms with Crippen molar-refractivity contribution in [1.82, 2.24) is 0 Å². The minimum Gasteiger partial charge on any atom is -0.396 e. The van der Waals surface area contributed by atoms with Crippen LogP contribution in [0.4, 0.5) is 15.8 Å². The molecule has 3 rings (SSSR count). The van der Waals surface area contributed by atoms with Crippen LogP contribution < -0.4 is 10.6 Å². The molecule has 2 aliphatic rings. The highest BCUT2D eigenvalue weighted by Gasteiger charge is 2.48. The molecule has 19 heavy (non-hydrogen) atoms. The normalized spacial score (nSPS) is 26.7. The molecule has 1 aromatic carbocycles. The van der Waals surface area contributed by atoms with E-state index in [4.69, 9.17) is 5.73 Å². The molecule has 2 fully saturated rings. The van der Waals surface area contributed by atoms with Gasteiger partial charge >= 0.3 is 0 Å². The molecular formula is C14H15FN2O2. The van der Waals surface area contributed by atoms with E-state index in [-0.39, 0.29) is 29.3 Å². The molecule has 2 unspecified atom stereocenters. The van der Waals surface area contributed by atoms with Crippen molar-refractivity contribution in [3.63, 3.8) is 0 Å². The number of amides is 2. The summed E-state index contributed by atoms with van der Waals surface area (Å²) >= 11 is 0. The molecule has 4 nitrogen and oxygen atoms in total. The summed E-state index contributed by atoms with van der Waals surface area (Å²) in [5.74, 6) is -1.28. The third-order valence-electron chi connectivity index (χ3n) is 4.08. The number of rotatable bonds is 1. The zero-order valence-electron chi connectivity index (χ0n) is 10.4. The molecule has 2 N–H and O–H groups in total. The van der Waals surface area contributed by atoms with Gasteiger partial charge in [0.15, 0.2) is 0 Å². The summed E-state index contributed by atoms with van der Waals surface area (Å²) in [6.45, 7) is 0. The maximum absolute atomic E-state index is 13.2. The van der Waals surface area contributed by atoms with Crippen LogP contribution >= 0.6 is 0 Å². The maximum Gasteiger partial charge on any atom is 0.237 e. The number of hydrogen-bond acceptors (Lipinski definition) is 3. The lowest BCUT2D eigenvalue weighted by Gasteiger charge is -2.19. The van der Waals surface area contributed by atoms with Crippen LogP contribution in [-0.4, -0.2) is 11.8 Å². The fourth-order valence-corrected chi connectivity index (χ4v) is 3.09. The summed E-state index contributed by atoms with van der Waals surface area (Å²) in [5, 5.41) is 0. The molecule has 1 aliphatic carbocycles. The molecule has 1 aliphatic heterocycles. The molecule has 0 spiro atoms. The van der Waals surface area contributed by atoms with E-state index in [1.807, 2.05) is 0 Å². The van der Waals surface area contributed by atoms with Crippen molar-refractivity contribution in [2.45, 2.75) is 25.7 Å². The fraction of sp³-hybridized carbons (Fsp3) is 0.429. The molecule has 0 radical (unpaired) electrons. The Labute approximate surface area is 110 Å². The third kappa shape index (κ3) is 1.80. The molecule has 0 aromatic heterocycles. The Morgan fingerprint density at radius 1 is 1.11 bits per heavy atom. The van der Waals surface area contributed by atoms with Crippen molar-refractivity contribution in [2.75, 3.05) is 10.6 Å². The van der Waals surface area contributed by atoms with E-state index in [9.17, 15) is 14.0 Å². The fourth-order valence-electron chi connectivity index (χ4n) is 3.09. The largest absolute Gasteiger partial charge is 0.396 e. The minimum atomic E-state index is -0.541. The number of carbonyl (C=O) groups excluding carboxylic acids is 2. The summed E-state index contributed by atoms with van der Waals surface area (Å²) in [4.78, 5) is 25.8. The summed E-state index contributed by atoms with van der Waals surface area (Å²) in [6.07, 6.45) is 3.50. The molecule has 5 heteroatoms. The van der Waals surface area contributed by atoms with E-state index in [2.05, 4.69) is 0 Å². The Morgan fingerprint density at radius 2 is 1.68 bits per heavy atom. The molecule has 1 heterocycles. The first-order valence-electron chi connectivity index (χ1n) is 6.52. The van der Waals surface area contributed by atoms with E-state index in [1.54, 1.807) is 0 Å². The van der Waals surface area contributed by atoms with Gasteiger partial charge in [-0.25, -0.2) is 9.29 Å². The van der Waals surface area contributed by atoms with Gasteiger partial charge in [-0.05, 0) is 31.0 Å². The van der Waals surface area contributed by atoms with Crippen molar-refractivity contribution >= 4 is 23.2 Å². The quantitative estimate of drug-likeness (QED) is 0.622. The summed E-state index contributed by atoms with van der Waals surface area (Å²) in [6, 6.07) is 3.97. The third-order valence-corrected chi connectivity index (χ3v) is 4.08. The van der Waals surface area contributed by atoms with Crippen LogP contribution in [0.1, 0.15) is 25.7 Å². The highest BCUT2D eigenvalue weighted by Crippen LogP contribution is 2.40. The van der Waals surface area contributed by atoms with Crippen molar-refractivity contribution in [3.05, 3.63) is 24.0 Å². The van der Waals surface area contributed by atoms with Gasteiger partial charge < -0.3 is 5.73 Å². The number of fused-ring (bicyclic) bond motifs is 1. The molecule has 1 aromatic rings. The lowest BCUT2D eigenvalue weighted by molar-refractivity contribution is -0.122. The lowest BCUT2D eigenvalue weighted by atomic mass is 9.81. The van der Waals surface area contributed by atoms with Crippen LogP contribution in [0.3, 0.4) is 0 Å². The number of hydrogen-bond donors (Lipinski definition) is 1. The van der Waals surface area contributed by atoms with Gasteiger partial charge in [-0.2, -0.15) is 0 Å². The number of nitrogens with two attached hydrogens (primary N) is 1. The highest BCUT2D eigenvalue weighted by atomic mass is 19.1. The van der Waals surface area contributed by atoms with Crippen molar-refractivity contribution in [2.24, 2.45) is 11.8 Å². The van der Waals surface area contributed by atoms with Crippen molar-refractivity contribution in [3.8, 4) is 0 Å². The Morgan fingerprint density at radius 3 is 2.21 bits per heavy atom. The Bertz CT molecular complexity index is 534. The second kappa shape index (κ2) is 4.33. The van der Waals surface area contributed by atoms with E-state index in [0.29, 0.717) is 5.69 Å². The zero-order chi connectivity index (χ0) is 13.6. The van der Waals surface area contributed by atoms with Gasteiger partial charge in [-0.15, -0.1) is 0 Å². The predicted octanol–water partition coefficient (Wildman–Crippen LogP) is 2.09. The van der Waals surface area contributed by atoms with Gasteiger partial charge in [0.2, 0.25) is 11.8 Å². The van der Waals surface area contributed by atoms with Gasteiger partial charge in [-0.3, -0.25) is 9.59 Å². The smallest absolute Gasteiger partial charge is 0.237 e. The number of imide groups is 1. The van der Waals surface area contributed by atoms with Crippen LogP contribution in [0.2, 0.25) is 0 Å². The SMILES string of the molecule is Nc1cc(N2C(=O)C3CCCCC3C2=O)ccc1F. The molecule has 2 atom stereocenters. The Kier molecular flexibility index (Phi) is 2.77. The number of nitrogen functional groups attached to an aromatic ring is 1. The van der Waals surface area contributed by atoms with Crippen LogP contribution in [0.5, 0.6) is 0 Å². The van der Waals surface area contributed by atoms with Crippen LogP contribution in [0.25, 0.3) is 0 Å². The average Bonchev–Trinajstić information content (AvgIpc) is 2.66. The van der Waals surface area contributed by atoms with Gasteiger partial charge in [-0.1, -0.05) is 12.8 Å². The molecule has 1 saturated carbocycles. The van der Waals surface area contributed by atoms with Crippen LogP contribution in [-0.2, 0) is 9.59 Å². The monoisotopic (exact) mass is 262 g/mol.